The van der Waals surface area contributed by atoms with Crippen LogP contribution in [0.5, 0.6) is 0 Å². The number of nitrogens with one attached hydrogen (secondary N) is 1. The molecule has 0 bridgehead atoms. The van der Waals surface area contributed by atoms with Gasteiger partial charge in [0.15, 0.2) is 6.04 Å². The van der Waals surface area contributed by atoms with Gasteiger partial charge in [0.2, 0.25) is 5.91 Å². The molecule has 120 valence electrons. The van der Waals surface area contributed by atoms with Crippen molar-refractivity contribution in [3.05, 3.63) is 35.4 Å². The summed E-state index contributed by atoms with van der Waals surface area (Å²) < 4.78 is 0. The van der Waals surface area contributed by atoms with Crippen LogP contribution in [-0.4, -0.2) is 41.5 Å². The largest absolute Gasteiger partial charge is 0.479 e. The quantitative estimate of drug-likeness (QED) is 0.874. The molecule has 1 heterocycles. The fourth-order valence-electron chi connectivity index (χ4n) is 2.84. The molecule has 1 aromatic rings. The van der Waals surface area contributed by atoms with E-state index in [0.717, 1.165) is 31.5 Å². The van der Waals surface area contributed by atoms with Crippen LogP contribution in [0.25, 0.3) is 0 Å². The summed E-state index contributed by atoms with van der Waals surface area (Å²) in [7, 11) is 0. The molecule has 1 aliphatic heterocycles. The van der Waals surface area contributed by atoms with Crippen LogP contribution in [0.4, 0.5) is 0 Å². The molecule has 5 nitrogen and oxygen atoms in total. The van der Waals surface area contributed by atoms with E-state index < -0.39 is 12.0 Å². The number of rotatable bonds is 5. The van der Waals surface area contributed by atoms with E-state index in [9.17, 15) is 14.7 Å². The van der Waals surface area contributed by atoms with Gasteiger partial charge in [0.25, 0.3) is 0 Å². The lowest BCUT2D eigenvalue weighted by Crippen LogP contribution is -2.41. The number of carboxylic acid groups (broad SMARTS) is 1. The van der Waals surface area contributed by atoms with Crippen molar-refractivity contribution in [2.45, 2.75) is 38.6 Å². The van der Waals surface area contributed by atoms with Crippen molar-refractivity contribution in [1.29, 1.82) is 0 Å². The van der Waals surface area contributed by atoms with Crippen molar-refractivity contribution < 1.29 is 14.7 Å². The summed E-state index contributed by atoms with van der Waals surface area (Å²) in [6.45, 7) is 4.00. The zero-order chi connectivity index (χ0) is 15.9. The Hall–Kier alpha value is -1.88. The Labute approximate surface area is 131 Å². The normalized spacial score (nSPS) is 17.5. The molecule has 1 aromatic carbocycles. The second kappa shape index (κ2) is 7.94. The third-order valence-electron chi connectivity index (χ3n) is 3.99. The molecular formula is C17H24N2O3. The molecule has 0 radical (unpaired) electrons. The van der Waals surface area contributed by atoms with Crippen LogP contribution < -0.4 is 5.32 Å². The van der Waals surface area contributed by atoms with Crippen molar-refractivity contribution in [2.75, 3.05) is 19.6 Å². The van der Waals surface area contributed by atoms with Crippen LogP contribution in [0.2, 0.25) is 0 Å². The summed E-state index contributed by atoms with van der Waals surface area (Å²) in [5, 5.41) is 12.0. The maximum Gasteiger partial charge on any atom is 0.330 e. The molecule has 0 spiro atoms. The lowest BCUT2D eigenvalue weighted by atomic mass is 10.0. The van der Waals surface area contributed by atoms with E-state index in [0.29, 0.717) is 5.56 Å². The van der Waals surface area contributed by atoms with Crippen molar-refractivity contribution in [1.82, 2.24) is 10.2 Å². The predicted molar refractivity (Wildman–Crippen MR) is 84.6 cm³/mol. The minimum Gasteiger partial charge on any atom is -0.479 e. The minimum absolute atomic E-state index is 0.226. The first kappa shape index (κ1) is 16.5. The Bertz CT molecular complexity index is 522. The number of carbonyl (C=O) groups excluding carboxylic acids is 1. The number of carboxylic acids is 1. The summed E-state index contributed by atoms with van der Waals surface area (Å²) in [5.41, 5.74) is 1.59. The predicted octanol–water partition coefficient (Wildman–Crippen LogP) is 2.11. The number of hydrogen-bond acceptors (Lipinski definition) is 3. The van der Waals surface area contributed by atoms with Crippen molar-refractivity contribution in [2.24, 2.45) is 0 Å². The molecule has 22 heavy (non-hydrogen) atoms. The van der Waals surface area contributed by atoms with Crippen LogP contribution in [0.1, 0.15) is 42.9 Å². The van der Waals surface area contributed by atoms with E-state index in [1.54, 1.807) is 12.1 Å². The van der Waals surface area contributed by atoms with Crippen LogP contribution >= 0.6 is 0 Å². The van der Waals surface area contributed by atoms with E-state index in [1.165, 1.54) is 12.8 Å². The third kappa shape index (κ3) is 4.84. The van der Waals surface area contributed by atoms with Gasteiger partial charge in [-0.3, -0.25) is 9.69 Å². The van der Waals surface area contributed by atoms with Crippen LogP contribution in [-0.2, 0) is 9.59 Å². The third-order valence-corrected chi connectivity index (χ3v) is 3.99. The van der Waals surface area contributed by atoms with Gasteiger partial charge >= 0.3 is 5.97 Å². The summed E-state index contributed by atoms with van der Waals surface area (Å²) in [6, 6.07) is 6.26. The second-order valence-corrected chi connectivity index (χ2v) is 5.94. The lowest BCUT2D eigenvalue weighted by molar-refractivity contribution is -0.142. The minimum atomic E-state index is -1.03. The monoisotopic (exact) mass is 304 g/mol. The zero-order valence-corrected chi connectivity index (χ0v) is 13.0. The number of nitrogens with zero attached hydrogens (tertiary/aromatic N) is 1. The molecule has 0 aliphatic carbocycles. The van der Waals surface area contributed by atoms with Gasteiger partial charge in [-0.15, -0.1) is 0 Å². The smallest absolute Gasteiger partial charge is 0.330 e. The second-order valence-electron chi connectivity index (χ2n) is 5.94. The first-order valence-corrected chi connectivity index (χ1v) is 7.87. The van der Waals surface area contributed by atoms with Crippen molar-refractivity contribution >= 4 is 11.9 Å². The first-order valence-electron chi connectivity index (χ1n) is 7.87. The molecule has 1 fully saturated rings. The fourth-order valence-corrected chi connectivity index (χ4v) is 2.84. The number of amides is 1. The standard InChI is InChI=1S/C17H24N2O3/c1-13-7-6-8-14(11-13)16(17(21)22)18-15(20)12-19-9-4-2-3-5-10-19/h6-8,11,16H,2-5,9-10,12H2,1H3,(H,18,20)(H,21,22). The molecule has 1 amide bonds. The fraction of sp³-hybridized carbons (Fsp3) is 0.529. The average molecular weight is 304 g/mol. The van der Waals surface area contributed by atoms with Gasteiger partial charge in [0, 0.05) is 0 Å². The SMILES string of the molecule is Cc1cccc(C(NC(=O)CN2CCCCCC2)C(=O)O)c1. The Balaban J connectivity index is 1.98. The Morgan fingerprint density at radius 3 is 2.50 bits per heavy atom. The van der Waals surface area contributed by atoms with Crippen LogP contribution in [0, 0.1) is 6.92 Å². The molecule has 1 aliphatic rings. The number of aryl methyl sites for hydroxylation is 1. The Kier molecular flexibility index (Phi) is 5.95. The van der Waals surface area contributed by atoms with Gasteiger partial charge in [-0.25, -0.2) is 4.79 Å². The Morgan fingerprint density at radius 1 is 1.23 bits per heavy atom. The number of hydrogen-bond donors (Lipinski definition) is 2. The molecule has 2 rings (SSSR count). The van der Waals surface area contributed by atoms with Crippen molar-refractivity contribution in [3.63, 3.8) is 0 Å². The van der Waals surface area contributed by atoms with E-state index in [1.807, 2.05) is 19.1 Å². The molecule has 2 N–H and O–H groups in total. The summed E-state index contributed by atoms with van der Waals surface area (Å²) in [4.78, 5) is 25.8. The molecule has 1 atom stereocenters. The molecule has 1 unspecified atom stereocenters. The number of aliphatic carboxylic acids is 1. The number of carbonyl (C=O) groups is 2. The molecule has 0 aromatic heterocycles. The van der Waals surface area contributed by atoms with E-state index in [4.69, 9.17) is 0 Å². The van der Waals surface area contributed by atoms with Gasteiger partial charge in [-0.1, -0.05) is 42.7 Å². The molecule has 1 saturated heterocycles. The summed E-state index contributed by atoms with van der Waals surface area (Å²) in [6.07, 6.45) is 4.62. The average Bonchev–Trinajstić information content (AvgIpc) is 2.73. The van der Waals surface area contributed by atoms with Gasteiger partial charge in [-0.2, -0.15) is 0 Å². The highest BCUT2D eigenvalue weighted by Gasteiger charge is 2.23. The number of benzene rings is 1. The number of likely N-dealkylation sites (tertiary alicyclic amines) is 1. The van der Waals surface area contributed by atoms with Crippen LogP contribution in [0.15, 0.2) is 24.3 Å². The molecule has 5 heteroatoms. The van der Waals surface area contributed by atoms with E-state index >= 15 is 0 Å². The topological polar surface area (TPSA) is 69.6 Å². The van der Waals surface area contributed by atoms with E-state index in [2.05, 4.69) is 10.2 Å². The highest BCUT2D eigenvalue weighted by molar-refractivity contribution is 5.85. The van der Waals surface area contributed by atoms with Gasteiger partial charge in [0.1, 0.15) is 0 Å². The van der Waals surface area contributed by atoms with Crippen molar-refractivity contribution in [3.8, 4) is 0 Å². The highest BCUT2D eigenvalue weighted by Crippen LogP contribution is 2.15. The lowest BCUT2D eigenvalue weighted by Gasteiger charge is -2.21. The maximum absolute atomic E-state index is 12.2. The van der Waals surface area contributed by atoms with Gasteiger partial charge < -0.3 is 10.4 Å². The Morgan fingerprint density at radius 2 is 1.91 bits per heavy atom. The molecular weight excluding hydrogens is 280 g/mol. The first-order chi connectivity index (χ1) is 10.6. The van der Waals surface area contributed by atoms with Crippen LogP contribution in [0.3, 0.4) is 0 Å². The summed E-state index contributed by atoms with van der Waals surface area (Å²) >= 11 is 0. The van der Waals surface area contributed by atoms with Gasteiger partial charge in [-0.05, 0) is 38.4 Å². The van der Waals surface area contributed by atoms with E-state index in [-0.39, 0.29) is 12.5 Å². The highest BCUT2D eigenvalue weighted by atomic mass is 16.4. The zero-order valence-electron chi connectivity index (χ0n) is 13.0. The van der Waals surface area contributed by atoms with Gasteiger partial charge in [0.05, 0.1) is 6.54 Å². The molecule has 0 saturated carbocycles. The maximum atomic E-state index is 12.2. The summed E-state index contributed by atoms with van der Waals surface area (Å²) in [5.74, 6) is -1.26.